The van der Waals surface area contributed by atoms with E-state index in [0.29, 0.717) is 34.0 Å². The van der Waals surface area contributed by atoms with Gasteiger partial charge in [-0.3, -0.25) is 4.79 Å². The van der Waals surface area contributed by atoms with Gasteiger partial charge < -0.3 is 15.4 Å². The summed E-state index contributed by atoms with van der Waals surface area (Å²) in [6.07, 6.45) is 1.07. The smallest absolute Gasteiger partial charge is 0.337 e. The number of hydrogen-bond donors (Lipinski definition) is 2. The molecule has 2 atom stereocenters. The van der Waals surface area contributed by atoms with Crippen molar-refractivity contribution < 1.29 is 14.3 Å². The Morgan fingerprint density at radius 1 is 0.882 bits per heavy atom. The number of methoxy groups -OCH3 is 1. The molecule has 2 N–H and O–H groups in total. The maximum Gasteiger partial charge on any atom is 0.337 e. The lowest BCUT2D eigenvalue weighted by molar-refractivity contribution is -0.116. The van der Waals surface area contributed by atoms with Gasteiger partial charge >= 0.3 is 5.97 Å². The predicted octanol–water partition coefficient (Wildman–Crippen LogP) is 6.76. The Morgan fingerprint density at radius 3 is 2.26 bits per heavy atom. The van der Waals surface area contributed by atoms with Crippen LogP contribution in [-0.4, -0.2) is 18.9 Å². The second kappa shape index (κ2) is 9.16. The van der Waals surface area contributed by atoms with Crippen LogP contribution in [0.1, 0.15) is 46.3 Å². The zero-order chi connectivity index (χ0) is 23.8. The second-order valence-corrected chi connectivity index (χ2v) is 9.35. The van der Waals surface area contributed by atoms with Gasteiger partial charge in [-0.15, -0.1) is 0 Å². The fourth-order valence-corrected chi connectivity index (χ4v) is 4.97. The fourth-order valence-electron chi connectivity index (χ4n) is 4.67. The Labute approximate surface area is 207 Å². The SMILES string of the molecule is COC(=O)c1ccc([C@@H]2Nc3ccc(Cl)cc3NC3=C2C(=O)C[C@@H](c2ccc(Cl)cc2)C3)cc1. The van der Waals surface area contributed by atoms with E-state index in [-0.39, 0.29) is 17.7 Å². The molecule has 5 nitrogen and oxygen atoms in total. The molecule has 3 aromatic carbocycles. The number of Topliss-reactive ketones (excluding diaryl/α,β-unsaturated/α-hetero) is 1. The van der Waals surface area contributed by atoms with E-state index in [4.69, 9.17) is 27.9 Å². The van der Waals surface area contributed by atoms with Crippen molar-refractivity contribution in [1.82, 2.24) is 0 Å². The number of ether oxygens (including phenoxy) is 1. The average Bonchev–Trinajstić information content (AvgIpc) is 3.00. The van der Waals surface area contributed by atoms with Crippen LogP contribution in [0.2, 0.25) is 10.0 Å². The normalized spacial score (nSPS) is 19.3. The van der Waals surface area contributed by atoms with Gasteiger partial charge in [0.05, 0.1) is 30.1 Å². The number of benzene rings is 3. The summed E-state index contributed by atoms with van der Waals surface area (Å²) >= 11 is 12.4. The van der Waals surface area contributed by atoms with Gasteiger partial charge in [-0.25, -0.2) is 4.79 Å². The summed E-state index contributed by atoms with van der Waals surface area (Å²) < 4.78 is 4.81. The van der Waals surface area contributed by atoms with Crippen LogP contribution in [-0.2, 0) is 9.53 Å². The van der Waals surface area contributed by atoms with Crippen LogP contribution in [0.15, 0.2) is 78.0 Å². The van der Waals surface area contributed by atoms with Crippen LogP contribution in [0.3, 0.4) is 0 Å². The first-order chi connectivity index (χ1) is 16.4. The van der Waals surface area contributed by atoms with E-state index in [1.54, 1.807) is 12.1 Å². The summed E-state index contributed by atoms with van der Waals surface area (Å²) in [6, 6.07) is 20.0. The lowest BCUT2D eigenvalue weighted by Crippen LogP contribution is -2.26. The number of esters is 1. The molecule has 0 unspecified atom stereocenters. The Morgan fingerprint density at radius 2 is 1.56 bits per heavy atom. The maximum absolute atomic E-state index is 13.6. The van der Waals surface area contributed by atoms with Crippen molar-refractivity contribution in [3.63, 3.8) is 0 Å². The number of anilines is 2. The topological polar surface area (TPSA) is 67.4 Å². The number of carbonyl (C=O) groups is 2. The molecule has 0 fully saturated rings. The molecule has 0 radical (unpaired) electrons. The zero-order valence-electron chi connectivity index (χ0n) is 18.4. The largest absolute Gasteiger partial charge is 0.465 e. The third-order valence-corrected chi connectivity index (χ3v) is 6.86. The molecular formula is C27H22Cl2N2O3. The number of allylic oxidation sites excluding steroid dienone is 1. The van der Waals surface area contributed by atoms with Crippen LogP contribution in [0.4, 0.5) is 11.4 Å². The van der Waals surface area contributed by atoms with Gasteiger partial charge in [0.1, 0.15) is 0 Å². The van der Waals surface area contributed by atoms with Gasteiger partial charge in [0, 0.05) is 27.7 Å². The Hall–Kier alpha value is -3.28. The number of fused-ring (bicyclic) bond motifs is 1. The highest BCUT2D eigenvalue weighted by Crippen LogP contribution is 2.44. The molecule has 0 bridgehead atoms. The molecule has 0 saturated heterocycles. The van der Waals surface area contributed by atoms with Gasteiger partial charge in [0.2, 0.25) is 0 Å². The van der Waals surface area contributed by atoms with Crippen molar-refractivity contribution in [3.8, 4) is 0 Å². The highest BCUT2D eigenvalue weighted by molar-refractivity contribution is 6.31. The van der Waals surface area contributed by atoms with Gasteiger partial charge in [-0.2, -0.15) is 0 Å². The van der Waals surface area contributed by atoms with Crippen LogP contribution in [0, 0.1) is 0 Å². The van der Waals surface area contributed by atoms with Gasteiger partial charge in [0.15, 0.2) is 5.78 Å². The molecule has 1 aliphatic heterocycles. The molecule has 3 aromatic rings. The van der Waals surface area contributed by atoms with E-state index >= 15 is 0 Å². The lowest BCUT2D eigenvalue weighted by atomic mass is 9.78. The van der Waals surface area contributed by atoms with Crippen molar-refractivity contribution in [3.05, 3.63) is 105 Å². The Balaban J connectivity index is 1.58. The third-order valence-electron chi connectivity index (χ3n) is 6.37. The molecule has 0 amide bonds. The van der Waals surface area contributed by atoms with E-state index < -0.39 is 5.97 Å². The van der Waals surface area contributed by atoms with E-state index in [0.717, 1.165) is 28.2 Å². The maximum atomic E-state index is 13.6. The molecular weight excluding hydrogens is 471 g/mol. The van der Waals surface area contributed by atoms with Crippen LogP contribution < -0.4 is 10.6 Å². The first kappa shape index (κ1) is 22.5. The van der Waals surface area contributed by atoms with Crippen molar-refractivity contribution in [2.75, 3.05) is 17.7 Å². The van der Waals surface area contributed by atoms with Crippen molar-refractivity contribution >= 4 is 46.3 Å². The van der Waals surface area contributed by atoms with Gasteiger partial charge in [-0.1, -0.05) is 47.5 Å². The molecule has 172 valence electrons. The summed E-state index contributed by atoms with van der Waals surface area (Å²) in [5, 5.41) is 8.29. The van der Waals surface area contributed by atoms with Crippen LogP contribution >= 0.6 is 23.2 Å². The fraction of sp³-hybridized carbons (Fsp3) is 0.185. The van der Waals surface area contributed by atoms with E-state index in [1.807, 2.05) is 54.6 Å². The summed E-state index contributed by atoms with van der Waals surface area (Å²) in [7, 11) is 1.35. The highest BCUT2D eigenvalue weighted by atomic mass is 35.5. The molecule has 5 rings (SSSR count). The molecule has 0 saturated carbocycles. The van der Waals surface area contributed by atoms with Crippen molar-refractivity contribution in [2.24, 2.45) is 0 Å². The first-order valence-electron chi connectivity index (χ1n) is 11.0. The molecule has 1 aliphatic carbocycles. The molecule has 0 spiro atoms. The molecule has 1 heterocycles. The number of carbonyl (C=O) groups excluding carboxylic acids is 2. The second-order valence-electron chi connectivity index (χ2n) is 8.48. The van der Waals surface area contributed by atoms with E-state index in [1.165, 1.54) is 7.11 Å². The minimum absolute atomic E-state index is 0.0408. The summed E-state index contributed by atoms with van der Waals surface area (Å²) in [4.78, 5) is 25.5. The number of halogens is 2. The number of ketones is 1. The standard InChI is InChI=1S/C27H22Cl2N2O3/c1-34-27(33)17-4-2-16(3-5-17)26-25-23(30-22-14-20(29)10-11-21(22)31-26)12-18(13-24(25)32)15-6-8-19(28)9-7-15/h2-11,14,18,26,30-31H,12-13H2,1H3/t18-,26-/m0/s1. The summed E-state index contributed by atoms with van der Waals surface area (Å²) in [5.74, 6) is -0.289. The molecule has 7 heteroatoms. The van der Waals surface area contributed by atoms with Gasteiger partial charge in [0.25, 0.3) is 0 Å². The van der Waals surface area contributed by atoms with Crippen LogP contribution in [0.5, 0.6) is 0 Å². The summed E-state index contributed by atoms with van der Waals surface area (Å²) in [6.45, 7) is 0. The quantitative estimate of drug-likeness (QED) is 0.395. The predicted molar refractivity (Wildman–Crippen MR) is 135 cm³/mol. The zero-order valence-corrected chi connectivity index (χ0v) is 19.9. The number of rotatable bonds is 3. The first-order valence-corrected chi connectivity index (χ1v) is 11.7. The minimum atomic E-state index is -0.401. The monoisotopic (exact) mass is 492 g/mol. The average molecular weight is 493 g/mol. The van der Waals surface area contributed by atoms with Crippen molar-refractivity contribution in [2.45, 2.75) is 24.8 Å². The van der Waals surface area contributed by atoms with Crippen molar-refractivity contribution in [1.29, 1.82) is 0 Å². The van der Waals surface area contributed by atoms with E-state index in [9.17, 15) is 9.59 Å². The molecule has 0 aromatic heterocycles. The number of hydrogen-bond acceptors (Lipinski definition) is 5. The molecule has 34 heavy (non-hydrogen) atoms. The minimum Gasteiger partial charge on any atom is -0.465 e. The summed E-state index contributed by atoms with van der Waals surface area (Å²) in [5.41, 5.74) is 5.64. The van der Waals surface area contributed by atoms with Gasteiger partial charge in [-0.05, 0) is 65.9 Å². The lowest BCUT2D eigenvalue weighted by Gasteiger charge is -2.30. The molecule has 2 aliphatic rings. The van der Waals surface area contributed by atoms with Crippen LogP contribution in [0.25, 0.3) is 0 Å². The Bertz CT molecular complexity index is 1300. The highest BCUT2D eigenvalue weighted by Gasteiger charge is 2.36. The number of nitrogens with one attached hydrogen (secondary N) is 2. The Kier molecular flexibility index (Phi) is 6.07. The third kappa shape index (κ3) is 4.29. The van der Waals surface area contributed by atoms with E-state index in [2.05, 4.69) is 10.6 Å².